The van der Waals surface area contributed by atoms with Crippen LogP contribution in [-0.4, -0.2) is 18.8 Å². The fraction of sp³-hybridized carbons (Fsp3) is 0.750. The minimum atomic E-state index is -0.861. The van der Waals surface area contributed by atoms with Crippen molar-refractivity contribution in [3.63, 3.8) is 0 Å². The highest BCUT2D eigenvalue weighted by Crippen LogP contribution is 2.12. The van der Waals surface area contributed by atoms with E-state index < -0.39 is 6.17 Å². The van der Waals surface area contributed by atoms with Crippen molar-refractivity contribution in [2.75, 3.05) is 6.54 Å². The Bertz CT molecular complexity index is 108. The van der Waals surface area contributed by atoms with Gasteiger partial charge in [0.25, 0.3) is 0 Å². The van der Waals surface area contributed by atoms with Crippen molar-refractivity contribution >= 4 is 0 Å². The van der Waals surface area contributed by atoms with Crippen LogP contribution in [0, 0.1) is 0 Å². The maximum absolute atomic E-state index is 12.8. The van der Waals surface area contributed by atoms with Gasteiger partial charge in [-0.3, -0.25) is 0 Å². The number of alkyl halides is 1. The van der Waals surface area contributed by atoms with Crippen LogP contribution in [0.1, 0.15) is 19.3 Å². The molecule has 0 aromatic rings. The molecule has 0 aliphatic carbocycles. The third-order valence-corrected chi connectivity index (χ3v) is 1.96. The van der Waals surface area contributed by atoms with Gasteiger partial charge in [0.2, 0.25) is 0 Å². The lowest BCUT2D eigenvalue weighted by atomic mass is 10.0. The lowest BCUT2D eigenvalue weighted by molar-refractivity contribution is 0.261. The lowest BCUT2D eigenvalue weighted by Crippen LogP contribution is -2.40. The molecule has 1 aliphatic heterocycles. The largest absolute Gasteiger partial charge is 0.311 e. The van der Waals surface area contributed by atoms with Crippen LogP contribution < -0.4 is 5.32 Å². The van der Waals surface area contributed by atoms with Crippen molar-refractivity contribution in [2.45, 2.75) is 31.5 Å². The first-order valence-electron chi connectivity index (χ1n) is 3.84. The second kappa shape index (κ2) is 3.71. The van der Waals surface area contributed by atoms with Gasteiger partial charge in [-0.15, -0.1) is 6.58 Å². The fourth-order valence-corrected chi connectivity index (χ4v) is 1.31. The molecule has 0 aromatic heterocycles. The Kier molecular flexibility index (Phi) is 2.87. The first-order chi connectivity index (χ1) is 4.84. The standard InChI is InChI=1S/C8H14FN/c1-2-7(9)8-5-3-4-6-10-8/h2,7-8,10H,1,3-6H2. The van der Waals surface area contributed by atoms with E-state index in [1.54, 1.807) is 0 Å². The van der Waals surface area contributed by atoms with Gasteiger partial charge in [-0.25, -0.2) is 4.39 Å². The van der Waals surface area contributed by atoms with Crippen LogP contribution in [0.5, 0.6) is 0 Å². The van der Waals surface area contributed by atoms with Crippen molar-refractivity contribution < 1.29 is 4.39 Å². The third-order valence-electron chi connectivity index (χ3n) is 1.96. The van der Waals surface area contributed by atoms with Gasteiger partial charge >= 0.3 is 0 Å². The molecule has 1 rings (SSSR count). The van der Waals surface area contributed by atoms with E-state index in [9.17, 15) is 4.39 Å². The summed E-state index contributed by atoms with van der Waals surface area (Å²) in [5.74, 6) is 0. The summed E-state index contributed by atoms with van der Waals surface area (Å²) in [6.45, 7) is 4.38. The van der Waals surface area contributed by atoms with Crippen molar-refractivity contribution in [3.05, 3.63) is 12.7 Å². The monoisotopic (exact) mass is 143 g/mol. The van der Waals surface area contributed by atoms with Crippen LogP contribution in [-0.2, 0) is 0 Å². The summed E-state index contributed by atoms with van der Waals surface area (Å²) in [6.07, 6.45) is 3.79. The Balaban J connectivity index is 2.30. The zero-order valence-corrected chi connectivity index (χ0v) is 6.15. The van der Waals surface area contributed by atoms with Crippen LogP contribution in [0.25, 0.3) is 0 Å². The maximum Gasteiger partial charge on any atom is 0.133 e. The van der Waals surface area contributed by atoms with E-state index in [1.165, 1.54) is 12.5 Å². The van der Waals surface area contributed by atoms with E-state index in [0.29, 0.717) is 0 Å². The molecule has 1 fully saturated rings. The van der Waals surface area contributed by atoms with E-state index in [4.69, 9.17) is 0 Å². The number of nitrogens with one attached hydrogen (secondary N) is 1. The molecule has 1 N–H and O–H groups in total. The van der Waals surface area contributed by atoms with Gasteiger partial charge in [-0.2, -0.15) is 0 Å². The van der Waals surface area contributed by atoms with Crippen LogP contribution in [0.2, 0.25) is 0 Å². The van der Waals surface area contributed by atoms with Crippen molar-refractivity contribution in [3.8, 4) is 0 Å². The van der Waals surface area contributed by atoms with Gasteiger partial charge in [-0.05, 0) is 19.4 Å². The molecule has 10 heavy (non-hydrogen) atoms. The van der Waals surface area contributed by atoms with Crippen LogP contribution in [0.15, 0.2) is 12.7 Å². The van der Waals surface area contributed by atoms with E-state index in [2.05, 4.69) is 11.9 Å². The van der Waals surface area contributed by atoms with Crippen LogP contribution in [0.3, 0.4) is 0 Å². The van der Waals surface area contributed by atoms with E-state index >= 15 is 0 Å². The number of halogens is 1. The topological polar surface area (TPSA) is 12.0 Å². The Hall–Kier alpha value is -0.370. The van der Waals surface area contributed by atoms with Crippen LogP contribution >= 0.6 is 0 Å². The predicted molar refractivity (Wildman–Crippen MR) is 40.7 cm³/mol. The molecular formula is C8H14FN. The molecule has 1 aliphatic rings. The third kappa shape index (κ3) is 1.81. The van der Waals surface area contributed by atoms with Gasteiger partial charge in [0.1, 0.15) is 6.17 Å². The first-order valence-corrected chi connectivity index (χ1v) is 3.84. The SMILES string of the molecule is C=CC(F)C1CCCCN1. The predicted octanol–water partition coefficient (Wildman–Crippen LogP) is 1.65. The summed E-state index contributed by atoms with van der Waals surface area (Å²) in [5.41, 5.74) is 0. The molecule has 2 unspecified atom stereocenters. The molecule has 1 saturated heterocycles. The zero-order chi connectivity index (χ0) is 7.40. The second-order valence-electron chi connectivity index (χ2n) is 2.74. The highest BCUT2D eigenvalue weighted by molar-refractivity contribution is 4.90. The number of rotatable bonds is 2. The van der Waals surface area contributed by atoms with Gasteiger partial charge < -0.3 is 5.32 Å². The average molecular weight is 143 g/mol. The molecule has 0 bridgehead atoms. The van der Waals surface area contributed by atoms with Gasteiger partial charge in [0.05, 0.1) is 0 Å². The molecule has 2 heteroatoms. The van der Waals surface area contributed by atoms with Gasteiger partial charge in [0.15, 0.2) is 0 Å². The summed E-state index contributed by atoms with van der Waals surface area (Å²) < 4.78 is 12.8. The quantitative estimate of drug-likeness (QED) is 0.579. The van der Waals surface area contributed by atoms with E-state index in [1.807, 2.05) is 0 Å². The first kappa shape index (κ1) is 7.73. The maximum atomic E-state index is 12.8. The average Bonchev–Trinajstić information content (AvgIpc) is 2.05. The van der Waals surface area contributed by atoms with Gasteiger partial charge in [-0.1, -0.05) is 12.5 Å². The van der Waals surface area contributed by atoms with Crippen molar-refractivity contribution in [2.24, 2.45) is 0 Å². The normalized spacial score (nSPS) is 29.5. The highest BCUT2D eigenvalue weighted by Gasteiger charge is 2.19. The number of hydrogen-bond donors (Lipinski definition) is 1. The Morgan fingerprint density at radius 3 is 2.90 bits per heavy atom. The second-order valence-corrected chi connectivity index (χ2v) is 2.74. The molecule has 1 heterocycles. The molecule has 0 saturated carbocycles. The lowest BCUT2D eigenvalue weighted by Gasteiger charge is -2.24. The minimum absolute atomic E-state index is 0.0336. The molecule has 2 atom stereocenters. The fourth-order valence-electron chi connectivity index (χ4n) is 1.31. The molecule has 0 amide bonds. The summed E-state index contributed by atoms with van der Waals surface area (Å²) in [5, 5.41) is 3.12. The molecule has 0 radical (unpaired) electrons. The summed E-state index contributed by atoms with van der Waals surface area (Å²) in [4.78, 5) is 0. The minimum Gasteiger partial charge on any atom is -0.311 e. The Labute approximate surface area is 61.3 Å². The van der Waals surface area contributed by atoms with Crippen molar-refractivity contribution in [1.82, 2.24) is 5.32 Å². The van der Waals surface area contributed by atoms with Crippen LogP contribution in [0.4, 0.5) is 4.39 Å². The van der Waals surface area contributed by atoms with Gasteiger partial charge in [0, 0.05) is 6.04 Å². The molecule has 0 aromatic carbocycles. The molecular weight excluding hydrogens is 129 g/mol. The number of piperidine rings is 1. The van der Waals surface area contributed by atoms with E-state index in [-0.39, 0.29) is 6.04 Å². The molecule has 1 nitrogen and oxygen atoms in total. The van der Waals surface area contributed by atoms with Crippen molar-refractivity contribution in [1.29, 1.82) is 0 Å². The van der Waals surface area contributed by atoms with E-state index in [0.717, 1.165) is 19.4 Å². The molecule has 58 valence electrons. The zero-order valence-electron chi connectivity index (χ0n) is 6.15. The summed E-state index contributed by atoms with van der Waals surface area (Å²) >= 11 is 0. The highest BCUT2D eigenvalue weighted by atomic mass is 19.1. The Morgan fingerprint density at radius 2 is 2.40 bits per heavy atom. The Morgan fingerprint density at radius 1 is 1.60 bits per heavy atom. The smallest absolute Gasteiger partial charge is 0.133 e. The molecule has 0 spiro atoms. The number of hydrogen-bond acceptors (Lipinski definition) is 1. The summed E-state index contributed by atoms with van der Waals surface area (Å²) in [6, 6.07) is 0.0336. The summed E-state index contributed by atoms with van der Waals surface area (Å²) in [7, 11) is 0.